The van der Waals surface area contributed by atoms with E-state index in [0.29, 0.717) is 25.5 Å². The summed E-state index contributed by atoms with van der Waals surface area (Å²) >= 11 is 5.23. The lowest BCUT2D eigenvalue weighted by molar-refractivity contribution is -0.125. The third-order valence-corrected chi connectivity index (χ3v) is 7.67. The molecule has 2 aromatic heterocycles. The van der Waals surface area contributed by atoms with E-state index >= 15 is 0 Å². The number of imide groups is 1. The number of rotatable bonds is 7. The lowest BCUT2D eigenvalue weighted by Crippen LogP contribution is -2.50. The Morgan fingerprint density at radius 3 is 2.68 bits per heavy atom. The number of fused-ring (bicyclic) bond motifs is 1. The number of urea groups is 1. The first-order valence-electron chi connectivity index (χ1n) is 10.9. The van der Waals surface area contributed by atoms with Crippen LogP contribution >= 0.6 is 27.3 Å². The van der Waals surface area contributed by atoms with Crippen molar-refractivity contribution in [3.05, 3.63) is 76.9 Å². The molecule has 1 aliphatic heterocycles. The van der Waals surface area contributed by atoms with Crippen LogP contribution in [0.2, 0.25) is 0 Å². The van der Waals surface area contributed by atoms with Gasteiger partial charge >= 0.3 is 6.03 Å². The highest BCUT2D eigenvalue weighted by molar-refractivity contribution is 9.10. The summed E-state index contributed by atoms with van der Waals surface area (Å²) < 4.78 is 2.00. The zero-order valence-electron chi connectivity index (χ0n) is 18.4. The number of nitrogens with zero attached hydrogens (tertiary/aromatic N) is 3. The number of hydrogen-bond acceptors (Lipinski definition) is 6. The molecule has 0 spiro atoms. The van der Waals surface area contributed by atoms with E-state index in [4.69, 9.17) is 4.98 Å². The van der Waals surface area contributed by atoms with Crippen LogP contribution in [0.15, 0.2) is 71.3 Å². The third kappa shape index (κ3) is 4.28. The fourth-order valence-electron chi connectivity index (χ4n) is 4.17. The number of aromatic nitrogens is 2. The van der Waals surface area contributed by atoms with Gasteiger partial charge in [0.15, 0.2) is 0 Å². The second-order valence-electron chi connectivity index (χ2n) is 8.31. The first-order valence-corrected chi connectivity index (χ1v) is 12.5. The Kier molecular flexibility index (Phi) is 6.05. The molecule has 172 valence electrons. The van der Waals surface area contributed by atoms with Gasteiger partial charge in [-0.05, 0) is 45.9 Å². The predicted molar refractivity (Wildman–Crippen MR) is 138 cm³/mol. The fourth-order valence-corrected chi connectivity index (χ4v) is 5.77. The number of benzene rings is 2. The molecule has 5 rings (SSSR count). The molecule has 7 nitrogen and oxygen atoms in total. The molecule has 1 saturated heterocycles. The van der Waals surface area contributed by atoms with Gasteiger partial charge < -0.3 is 10.2 Å². The van der Waals surface area contributed by atoms with Crippen LogP contribution in [-0.2, 0) is 11.2 Å². The van der Waals surface area contributed by atoms with Crippen molar-refractivity contribution in [3.63, 3.8) is 0 Å². The molecule has 2 aromatic carbocycles. The van der Waals surface area contributed by atoms with E-state index in [9.17, 15) is 9.59 Å². The second kappa shape index (κ2) is 9.15. The van der Waals surface area contributed by atoms with Crippen LogP contribution in [0.4, 0.5) is 10.7 Å². The summed E-state index contributed by atoms with van der Waals surface area (Å²) in [6, 6.07) is 19.7. The summed E-state index contributed by atoms with van der Waals surface area (Å²) in [5.41, 5.74) is 0.849. The Balaban J connectivity index is 1.30. The van der Waals surface area contributed by atoms with Crippen LogP contribution in [0, 0.1) is 0 Å². The number of amides is 3. The Morgan fingerprint density at radius 1 is 1.12 bits per heavy atom. The molecule has 3 heterocycles. The lowest BCUT2D eigenvalue weighted by Gasteiger charge is -2.32. The molecule has 0 radical (unpaired) electrons. The van der Waals surface area contributed by atoms with Gasteiger partial charge in [-0.15, -0.1) is 11.3 Å². The molecule has 1 atom stereocenters. The molecule has 4 aromatic rings. The smallest absolute Gasteiger partial charge is 0.325 e. The summed E-state index contributed by atoms with van der Waals surface area (Å²) in [6.07, 6.45) is 2.16. The van der Waals surface area contributed by atoms with E-state index < -0.39 is 5.54 Å². The molecule has 1 unspecified atom stereocenters. The maximum absolute atomic E-state index is 12.6. The van der Waals surface area contributed by atoms with Gasteiger partial charge in [0.25, 0.3) is 5.91 Å². The van der Waals surface area contributed by atoms with Crippen molar-refractivity contribution in [2.24, 2.45) is 0 Å². The molecular weight excluding hydrogens is 514 g/mol. The first kappa shape index (κ1) is 22.5. The molecule has 0 aliphatic carbocycles. The molecule has 34 heavy (non-hydrogen) atoms. The highest BCUT2D eigenvalue weighted by atomic mass is 79.9. The highest BCUT2D eigenvalue weighted by Crippen LogP contribution is 2.36. The number of thiophene rings is 1. The maximum Gasteiger partial charge on any atom is 0.325 e. The molecule has 0 saturated carbocycles. The van der Waals surface area contributed by atoms with Gasteiger partial charge in [-0.1, -0.05) is 48.5 Å². The van der Waals surface area contributed by atoms with Crippen molar-refractivity contribution in [1.29, 1.82) is 0 Å². The third-order valence-electron chi connectivity index (χ3n) is 5.96. The van der Waals surface area contributed by atoms with Crippen molar-refractivity contribution in [1.82, 2.24) is 20.2 Å². The van der Waals surface area contributed by atoms with E-state index in [1.807, 2.05) is 42.5 Å². The number of nitrogens with one attached hydrogen (secondary N) is 2. The van der Waals surface area contributed by atoms with Gasteiger partial charge in [0, 0.05) is 30.4 Å². The second-order valence-corrected chi connectivity index (χ2v) is 10.3. The van der Waals surface area contributed by atoms with Gasteiger partial charge in [0.1, 0.15) is 11.2 Å². The predicted octanol–water partition coefficient (Wildman–Crippen LogP) is 5.09. The summed E-state index contributed by atoms with van der Waals surface area (Å²) in [5, 5.41) is 6.84. The van der Waals surface area contributed by atoms with E-state index in [-0.39, 0.29) is 11.9 Å². The lowest BCUT2D eigenvalue weighted by atomic mass is 9.91. The number of carbonyl (C=O) groups excluding carboxylic acids is 2. The van der Waals surface area contributed by atoms with Crippen molar-refractivity contribution < 1.29 is 9.59 Å². The minimum Gasteiger partial charge on any atom is -0.352 e. The summed E-state index contributed by atoms with van der Waals surface area (Å²) in [6.45, 7) is 2.53. The first-order chi connectivity index (χ1) is 16.4. The average Bonchev–Trinajstić information content (AvgIpc) is 3.35. The number of anilines is 1. The molecule has 1 aliphatic rings. The summed E-state index contributed by atoms with van der Waals surface area (Å²) in [5.74, 6) is 0.180. The molecule has 3 amide bonds. The minimum atomic E-state index is -0.955. The van der Waals surface area contributed by atoms with E-state index in [0.717, 1.165) is 20.6 Å². The molecule has 9 heteroatoms. The topological polar surface area (TPSA) is 87.2 Å². The molecule has 1 fully saturated rings. The van der Waals surface area contributed by atoms with Crippen LogP contribution in [0.1, 0.15) is 12.5 Å². The minimum absolute atomic E-state index is 0.284. The van der Waals surface area contributed by atoms with E-state index in [2.05, 4.69) is 49.7 Å². The maximum atomic E-state index is 12.6. The SMILES string of the molecule is CC1(Cc2ccccc2)C(=O)NC(=O)N1CCNc1ncc(Br)c(-c2cc3ccccc3s2)n1. The van der Waals surface area contributed by atoms with E-state index in [1.54, 1.807) is 29.4 Å². The number of hydrogen-bond donors (Lipinski definition) is 2. The Labute approximate surface area is 209 Å². The van der Waals surface area contributed by atoms with Crippen molar-refractivity contribution in [2.45, 2.75) is 18.9 Å². The molecule has 2 N–H and O–H groups in total. The molecule has 0 bridgehead atoms. The quantitative estimate of drug-likeness (QED) is 0.322. The standard InChI is InChI=1S/C25H22BrN5O2S/c1-25(14-16-7-3-2-4-8-16)22(32)30-24(33)31(25)12-11-27-23-28-15-18(26)21(29-23)20-13-17-9-5-6-10-19(17)34-20/h2-10,13,15H,11-12,14H2,1H3,(H,27,28,29)(H,30,32,33). The van der Waals surface area contributed by atoms with Crippen LogP contribution in [0.3, 0.4) is 0 Å². The van der Waals surface area contributed by atoms with Gasteiger partial charge in [0.05, 0.1) is 9.35 Å². The van der Waals surface area contributed by atoms with Crippen LogP contribution in [0.25, 0.3) is 20.7 Å². The highest BCUT2D eigenvalue weighted by Gasteiger charge is 2.48. The largest absolute Gasteiger partial charge is 0.352 e. The van der Waals surface area contributed by atoms with Gasteiger partial charge in [-0.2, -0.15) is 0 Å². The summed E-state index contributed by atoms with van der Waals surface area (Å²) in [7, 11) is 0. The van der Waals surface area contributed by atoms with Gasteiger partial charge in [-0.25, -0.2) is 14.8 Å². The van der Waals surface area contributed by atoms with Crippen molar-refractivity contribution >= 4 is 55.2 Å². The molecular formula is C25H22BrN5O2S. The Morgan fingerprint density at radius 2 is 1.88 bits per heavy atom. The zero-order chi connectivity index (χ0) is 23.7. The van der Waals surface area contributed by atoms with Crippen LogP contribution in [0.5, 0.6) is 0 Å². The zero-order valence-corrected chi connectivity index (χ0v) is 20.8. The normalized spacial score (nSPS) is 17.9. The monoisotopic (exact) mass is 535 g/mol. The summed E-state index contributed by atoms with van der Waals surface area (Å²) in [4.78, 5) is 36.9. The average molecular weight is 536 g/mol. The van der Waals surface area contributed by atoms with Crippen molar-refractivity contribution in [3.8, 4) is 10.6 Å². The number of halogens is 1. The van der Waals surface area contributed by atoms with Crippen LogP contribution in [-0.4, -0.2) is 45.4 Å². The fraction of sp³-hybridized carbons (Fsp3) is 0.200. The Hall–Kier alpha value is -3.30. The number of carbonyl (C=O) groups is 2. The Bertz CT molecular complexity index is 1340. The van der Waals surface area contributed by atoms with E-state index in [1.165, 1.54) is 10.1 Å². The van der Waals surface area contributed by atoms with Gasteiger partial charge in [0.2, 0.25) is 5.95 Å². The van der Waals surface area contributed by atoms with Gasteiger partial charge in [-0.3, -0.25) is 10.1 Å². The van der Waals surface area contributed by atoms with Crippen molar-refractivity contribution in [2.75, 3.05) is 18.4 Å². The van der Waals surface area contributed by atoms with Crippen LogP contribution < -0.4 is 10.6 Å².